The molecule has 106 valence electrons. The number of aromatic nitrogens is 3. The smallest absolute Gasteiger partial charge is 0.335 e. The van der Waals surface area contributed by atoms with Crippen LogP contribution in [0.1, 0.15) is 37.2 Å². The molecule has 0 aliphatic rings. The molecule has 0 spiro atoms. The highest BCUT2D eigenvalue weighted by Crippen LogP contribution is 2.17. The topological polar surface area (TPSA) is 97.1 Å². The molecule has 0 radical (unpaired) electrons. The summed E-state index contributed by atoms with van der Waals surface area (Å²) in [5.74, 6) is -1.22. The van der Waals surface area contributed by atoms with E-state index in [1.165, 1.54) is 16.8 Å². The molecule has 1 amide bonds. The van der Waals surface area contributed by atoms with E-state index in [4.69, 9.17) is 5.11 Å². The number of amides is 1. The van der Waals surface area contributed by atoms with Gasteiger partial charge in [0.05, 0.1) is 11.1 Å². The van der Waals surface area contributed by atoms with E-state index < -0.39 is 12.0 Å². The van der Waals surface area contributed by atoms with E-state index in [0.29, 0.717) is 11.0 Å². The lowest BCUT2D eigenvalue weighted by Crippen LogP contribution is -2.36. The van der Waals surface area contributed by atoms with Gasteiger partial charge in [-0.05, 0) is 39.0 Å². The number of nitrogens with one attached hydrogen (secondary N) is 1. The molecule has 2 rings (SSSR count). The standard InChI is InChI=1S/C13H16N4O3/c1-7(2)14-12(18)8(3)17-11-6-9(13(19)20)4-5-10(11)15-16-17/h4-8H,1-3H3,(H,14,18)(H,19,20). The maximum absolute atomic E-state index is 12.0. The van der Waals surface area contributed by atoms with Crippen molar-refractivity contribution < 1.29 is 14.7 Å². The van der Waals surface area contributed by atoms with E-state index in [0.717, 1.165) is 0 Å². The molecule has 1 unspecified atom stereocenters. The summed E-state index contributed by atoms with van der Waals surface area (Å²) in [6.07, 6.45) is 0. The fraction of sp³-hybridized carbons (Fsp3) is 0.385. The van der Waals surface area contributed by atoms with E-state index in [2.05, 4.69) is 15.6 Å². The van der Waals surface area contributed by atoms with Gasteiger partial charge in [0.25, 0.3) is 0 Å². The second-order valence-corrected chi connectivity index (χ2v) is 4.88. The average Bonchev–Trinajstić information content (AvgIpc) is 2.79. The van der Waals surface area contributed by atoms with Crippen molar-refractivity contribution in [1.82, 2.24) is 20.3 Å². The predicted octanol–water partition coefficient (Wildman–Crippen LogP) is 1.22. The van der Waals surface area contributed by atoms with Crippen molar-refractivity contribution in [3.8, 4) is 0 Å². The van der Waals surface area contributed by atoms with Gasteiger partial charge in [0.2, 0.25) is 5.91 Å². The normalized spacial score (nSPS) is 12.6. The van der Waals surface area contributed by atoms with E-state index in [-0.39, 0.29) is 17.5 Å². The number of carboxylic acid groups (broad SMARTS) is 1. The summed E-state index contributed by atoms with van der Waals surface area (Å²) < 4.78 is 1.43. The highest BCUT2D eigenvalue weighted by atomic mass is 16.4. The van der Waals surface area contributed by atoms with Crippen LogP contribution < -0.4 is 5.32 Å². The Morgan fingerprint density at radius 2 is 2.00 bits per heavy atom. The monoisotopic (exact) mass is 276 g/mol. The number of nitrogens with zero attached hydrogens (tertiary/aromatic N) is 3. The summed E-state index contributed by atoms with van der Waals surface area (Å²) in [4.78, 5) is 23.0. The van der Waals surface area contributed by atoms with Crippen molar-refractivity contribution in [2.24, 2.45) is 0 Å². The lowest BCUT2D eigenvalue weighted by molar-refractivity contribution is -0.124. The molecule has 2 N–H and O–H groups in total. The molecule has 0 saturated heterocycles. The lowest BCUT2D eigenvalue weighted by atomic mass is 10.2. The van der Waals surface area contributed by atoms with Crippen LogP contribution in [0.4, 0.5) is 0 Å². The average molecular weight is 276 g/mol. The van der Waals surface area contributed by atoms with Crippen molar-refractivity contribution in [3.05, 3.63) is 23.8 Å². The Morgan fingerprint density at radius 1 is 1.30 bits per heavy atom. The zero-order chi connectivity index (χ0) is 14.9. The molecule has 1 heterocycles. The van der Waals surface area contributed by atoms with Crippen LogP contribution in [0.25, 0.3) is 11.0 Å². The summed E-state index contributed by atoms with van der Waals surface area (Å²) in [6.45, 7) is 5.43. The third-order valence-electron chi connectivity index (χ3n) is 2.90. The molecule has 1 aromatic carbocycles. The minimum absolute atomic E-state index is 0.0225. The van der Waals surface area contributed by atoms with Crippen molar-refractivity contribution in [2.75, 3.05) is 0 Å². The van der Waals surface area contributed by atoms with Gasteiger partial charge in [-0.15, -0.1) is 5.10 Å². The van der Waals surface area contributed by atoms with Crippen LogP contribution >= 0.6 is 0 Å². The van der Waals surface area contributed by atoms with Gasteiger partial charge in [-0.3, -0.25) is 4.79 Å². The highest BCUT2D eigenvalue weighted by Gasteiger charge is 2.20. The van der Waals surface area contributed by atoms with E-state index in [1.54, 1.807) is 13.0 Å². The zero-order valence-electron chi connectivity index (χ0n) is 11.5. The number of carbonyl (C=O) groups is 2. The molecule has 0 saturated carbocycles. The first-order chi connectivity index (χ1) is 9.40. The van der Waals surface area contributed by atoms with Crippen molar-refractivity contribution in [3.63, 3.8) is 0 Å². The molecule has 2 aromatic rings. The number of hydrogen-bond acceptors (Lipinski definition) is 4. The largest absolute Gasteiger partial charge is 0.478 e. The maximum Gasteiger partial charge on any atom is 0.335 e. The first kappa shape index (κ1) is 14.0. The third-order valence-corrected chi connectivity index (χ3v) is 2.90. The molecule has 1 aromatic heterocycles. The summed E-state index contributed by atoms with van der Waals surface area (Å²) in [6, 6.07) is 3.97. The number of hydrogen-bond donors (Lipinski definition) is 2. The van der Waals surface area contributed by atoms with Crippen LogP contribution in [0.15, 0.2) is 18.2 Å². The summed E-state index contributed by atoms with van der Waals surface area (Å²) >= 11 is 0. The van der Waals surface area contributed by atoms with Crippen LogP contribution in [-0.4, -0.2) is 38.0 Å². The second-order valence-electron chi connectivity index (χ2n) is 4.88. The molecule has 0 aliphatic heterocycles. The lowest BCUT2D eigenvalue weighted by Gasteiger charge is -2.15. The van der Waals surface area contributed by atoms with Gasteiger partial charge in [-0.2, -0.15) is 0 Å². The second kappa shape index (κ2) is 5.28. The van der Waals surface area contributed by atoms with Gasteiger partial charge in [0.15, 0.2) is 0 Å². The first-order valence-electron chi connectivity index (χ1n) is 6.28. The molecule has 0 fully saturated rings. The number of benzene rings is 1. The minimum atomic E-state index is -1.03. The summed E-state index contributed by atoms with van der Waals surface area (Å²) in [5, 5.41) is 19.7. The fourth-order valence-corrected chi connectivity index (χ4v) is 1.87. The Bertz CT molecular complexity index is 663. The third kappa shape index (κ3) is 2.61. The Labute approximate surface area is 115 Å². The Kier molecular flexibility index (Phi) is 3.69. The Morgan fingerprint density at radius 3 is 2.60 bits per heavy atom. The number of carboxylic acids is 1. The van der Waals surface area contributed by atoms with Gasteiger partial charge in [-0.25, -0.2) is 9.48 Å². The summed E-state index contributed by atoms with van der Waals surface area (Å²) in [5.41, 5.74) is 1.22. The van der Waals surface area contributed by atoms with Gasteiger partial charge in [-0.1, -0.05) is 5.21 Å². The SMILES string of the molecule is CC(C)NC(=O)C(C)n1nnc2ccc(C(=O)O)cc21. The number of aromatic carboxylic acids is 1. The molecule has 20 heavy (non-hydrogen) atoms. The highest BCUT2D eigenvalue weighted by molar-refractivity contribution is 5.92. The maximum atomic E-state index is 12.0. The van der Waals surface area contributed by atoms with Crippen LogP contribution in [0.2, 0.25) is 0 Å². The van der Waals surface area contributed by atoms with Crippen LogP contribution in [0, 0.1) is 0 Å². The van der Waals surface area contributed by atoms with Gasteiger partial charge in [0, 0.05) is 6.04 Å². The van der Waals surface area contributed by atoms with Crippen molar-refractivity contribution in [2.45, 2.75) is 32.9 Å². The molecule has 0 bridgehead atoms. The molecular weight excluding hydrogens is 260 g/mol. The van der Waals surface area contributed by atoms with Crippen molar-refractivity contribution in [1.29, 1.82) is 0 Å². The fourth-order valence-electron chi connectivity index (χ4n) is 1.87. The molecule has 1 atom stereocenters. The number of carbonyl (C=O) groups excluding carboxylic acids is 1. The Hall–Kier alpha value is -2.44. The zero-order valence-corrected chi connectivity index (χ0v) is 11.5. The van der Waals surface area contributed by atoms with E-state index >= 15 is 0 Å². The van der Waals surface area contributed by atoms with E-state index in [1.807, 2.05) is 13.8 Å². The van der Waals surface area contributed by atoms with E-state index in [9.17, 15) is 9.59 Å². The van der Waals surface area contributed by atoms with Gasteiger partial charge < -0.3 is 10.4 Å². The molecule has 7 heteroatoms. The number of rotatable bonds is 4. The van der Waals surface area contributed by atoms with Gasteiger partial charge >= 0.3 is 5.97 Å². The summed E-state index contributed by atoms with van der Waals surface area (Å²) in [7, 11) is 0. The van der Waals surface area contributed by atoms with Crippen LogP contribution in [0.5, 0.6) is 0 Å². The van der Waals surface area contributed by atoms with Gasteiger partial charge in [0.1, 0.15) is 11.6 Å². The number of fused-ring (bicyclic) bond motifs is 1. The molecular formula is C13H16N4O3. The van der Waals surface area contributed by atoms with Crippen LogP contribution in [-0.2, 0) is 4.79 Å². The van der Waals surface area contributed by atoms with Crippen molar-refractivity contribution >= 4 is 22.9 Å². The Balaban J connectivity index is 2.41. The molecule has 7 nitrogen and oxygen atoms in total. The first-order valence-corrected chi connectivity index (χ1v) is 6.28. The van der Waals surface area contributed by atoms with Crippen LogP contribution in [0.3, 0.4) is 0 Å². The minimum Gasteiger partial charge on any atom is -0.478 e. The molecule has 0 aliphatic carbocycles. The quantitative estimate of drug-likeness (QED) is 0.875. The predicted molar refractivity (Wildman–Crippen MR) is 72.5 cm³/mol.